The van der Waals surface area contributed by atoms with Crippen LogP contribution in [-0.4, -0.2) is 18.0 Å². The zero-order valence-electron chi connectivity index (χ0n) is 8.75. The molecule has 3 unspecified atom stereocenters. The molecule has 2 bridgehead atoms. The average Bonchev–Trinajstić information content (AvgIpc) is 2.56. The van der Waals surface area contributed by atoms with E-state index in [4.69, 9.17) is 4.74 Å². The van der Waals surface area contributed by atoms with Crippen molar-refractivity contribution < 1.29 is 9.53 Å². The van der Waals surface area contributed by atoms with Gasteiger partial charge in [-0.2, -0.15) is 0 Å². The lowest BCUT2D eigenvalue weighted by atomic mass is 9.87. The minimum atomic E-state index is -0.00588. The molecule has 2 aliphatic carbocycles. The van der Waals surface area contributed by atoms with Gasteiger partial charge in [0.15, 0.2) is 0 Å². The second kappa shape index (κ2) is 2.48. The fraction of sp³-hybridized carbons (Fsp3) is 0.750. The van der Waals surface area contributed by atoms with Gasteiger partial charge in [-0.3, -0.25) is 4.79 Å². The van der Waals surface area contributed by atoms with Crippen molar-refractivity contribution in [3.63, 3.8) is 0 Å². The molecule has 1 saturated carbocycles. The molecule has 3 atom stereocenters. The summed E-state index contributed by atoms with van der Waals surface area (Å²) in [7, 11) is 0. The van der Waals surface area contributed by atoms with Crippen molar-refractivity contribution in [3.8, 4) is 0 Å². The Morgan fingerprint density at radius 2 is 2.00 bits per heavy atom. The van der Waals surface area contributed by atoms with Crippen LogP contribution in [0.2, 0.25) is 0 Å². The number of hydrogen-bond donors (Lipinski definition) is 0. The van der Waals surface area contributed by atoms with Crippen molar-refractivity contribution in [1.29, 1.82) is 0 Å². The summed E-state index contributed by atoms with van der Waals surface area (Å²) in [6, 6.07) is 0. The molecule has 14 heavy (non-hydrogen) atoms. The van der Waals surface area contributed by atoms with E-state index in [1.165, 1.54) is 24.8 Å². The summed E-state index contributed by atoms with van der Waals surface area (Å²) in [5, 5.41) is 0. The maximum absolute atomic E-state index is 11.0. The number of hydrogen-bond acceptors (Lipinski definition) is 2. The second-order valence-electron chi connectivity index (χ2n) is 5.34. The summed E-state index contributed by atoms with van der Waals surface area (Å²) in [6.07, 6.45) is 5.02. The largest absolute Gasteiger partial charge is 0.362 e. The molecule has 2 heteroatoms. The Morgan fingerprint density at radius 1 is 1.36 bits per heavy atom. The van der Waals surface area contributed by atoms with Crippen molar-refractivity contribution in [1.82, 2.24) is 0 Å². The molecule has 2 nitrogen and oxygen atoms in total. The van der Waals surface area contributed by atoms with E-state index in [1.807, 2.05) is 0 Å². The van der Waals surface area contributed by atoms with Crippen molar-refractivity contribution in [3.05, 3.63) is 11.1 Å². The molecule has 0 aromatic carbocycles. The van der Waals surface area contributed by atoms with Gasteiger partial charge in [-0.25, -0.2) is 0 Å². The fourth-order valence-corrected chi connectivity index (χ4v) is 3.26. The number of carbonyl (C=O) groups is 1. The lowest BCUT2D eigenvalue weighted by molar-refractivity contribution is -0.105. The van der Waals surface area contributed by atoms with E-state index < -0.39 is 0 Å². The first kappa shape index (κ1) is 8.66. The predicted octanol–water partition coefficient (Wildman–Crippen LogP) is 2.09. The maximum atomic E-state index is 11.0. The molecule has 0 N–H and O–H groups in total. The molecule has 0 spiro atoms. The Kier molecular flexibility index (Phi) is 1.54. The van der Waals surface area contributed by atoms with Gasteiger partial charge in [0.2, 0.25) is 0 Å². The molecule has 0 aromatic rings. The summed E-state index contributed by atoms with van der Waals surface area (Å²) >= 11 is 0. The Balaban J connectivity index is 1.97. The molecule has 2 fully saturated rings. The summed E-state index contributed by atoms with van der Waals surface area (Å²) in [6.45, 7) is 4.22. The smallest absolute Gasteiger partial charge is 0.146 e. The summed E-state index contributed by atoms with van der Waals surface area (Å²) in [5.74, 6) is 1.22. The van der Waals surface area contributed by atoms with E-state index in [0.29, 0.717) is 11.8 Å². The van der Waals surface area contributed by atoms with E-state index in [1.54, 1.807) is 0 Å². The van der Waals surface area contributed by atoms with Crippen molar-refractivity contribution in [2.24, 2.45) is 11.8 Å². The van der Waals surface area contributed by atoms with Gasteiger partial charge in [0.25, 0.3) is 0 Å². The van der Waals surface area contributed by atoms with E-state index in [-0.39, 0.29) is 11.7 Å². The Bertz CT molecular complexity index is 327. The first-order chi connectivity index (χ1) is 6.63. The minimum Gasteiger partial charge on any atom is -0.362 e. The van der Waals surface area contributed by atoms with Crippen LogP contribution in [0, 0.1) is 11.8 Å². The molecular formula is C12H16O2. The summed E-state index contributed by atoms with van der Waals surface area (Å²) in [5.41, 5.74) is 2.42. The van der Waals surface area contributed by atoms with Crippen molar-refractivity contribution in [2.45, 2.75) is 44.8 Å². The van der Waals surface area contributed by atoms with Gasteiger partial charge < -0.3 is 4.74 Å². The molecule has 3 aliphatic rings. The highest BCUT2D eigenvalue weighted by molar-refractivity contribution is 5.78. The molecule has 3 rings (SSSR count). The fourth-order valence-electron chi connectivity index (χ4n) is 3.26. The normalized spacial score (nSPS) is 43.1. The van der Waals surface area contributed by atoms with E-state index >= 15 is 0 Å². The number of rotatable bonds is 2. The van der Waals surface area contributed by atoms with Gasteiger partial charge in [-0.15, -0.1) is 0 Å². The predicted molar refractivity (Wildman–Crippen MR) is 52.9 cm³/mol. The zero-order chi connectivity index (χ0) is 9.92. The van der Waals surface area contributed by atoms with Crippen LogP contribution >= 0.6 is 0 Å². The minimum absolute atomic E-state index is 0.00588. The molecular weight excluding hydrogens is 176 g/mol. The first-order valence-electron chi connectivity index (χ1n) is 5.50. The van der Waals surface area contributed by atoms with Crippen LogP contribution in [0.5, 0.6) is 0 Å². The van der Waals surface area contributed by atoms with Crippen LogP contribution in [0.1, 0.15) is 33.1 Å². The standard InChI is InChI=1S/C12H16O2/c1-12(2)11(14-12)10-8-4-3-7(5-8)9(10)6-13/h6-8,11H,3-5H2,1-2H3. The lowest BCUT2D eigenvalue weighted by Crippen LogP contribution is -2.14. The maximum Gasteiger partial charge on any atom is 0.146 e. The Hall–Kier alpha value is -0.630. The topological polar surface area (TPSA) is 29.6 Å². The average molecular weight is 192 g/mol. The molecule has 0 amide bonds. The number of fused-ring (bicyclic) bond motifs is 2. The highest BCUT2D eigenvalue weighted by atomic mass is 16.6. The van der Waals surface area contributed by atoms with Gasteiger partial charge in [0.05, 0.1) is 5.60 Å². The Morgan fingerprint density at radius 3 is 2.57 bits per heavy atom. The molecule has 76 valence electrons. The van der Waals surface area contributed by atoms with Crippen LogP contribution in [0.15, 0.2) is 11.1 Å². The third kappa shape index (κ3) is 0.977. The SMILES string of the molecule is CC1(C)OC1C1=C(C=O)C2CCC1C2. The van der Waals surface area contributed by atoms with Gasteiger partial charge in [0, 0.05) is 0 Å². The summed E-state index contributed by atoms with van der Waals surface area (Å²) in [4.78, 5) is 11.0. The van der Waals surface area contributed by atoms with Crippen LogP contribution in [0.25, 0.3) is 0 Å². The number of ether oxygens (including phenoxy) is 1. The lowest BCUT2D eigenvalue weighted by Gasteiger charge is -2.15. The van der Waals surface area contributed by atoms with Crippen LogP contribution in [0.3, 0.4) is 0 Å². The quantitative estimate of drug-likeness (QED) is 0.495. The molecule has 1 heterocycles. The number of aldehydes is 1. The van der Waals surface area contributed by atoms with Crippen molar-refractivity contribution in [2.75, 3.05) is 0 Å². The third-order valence-corrected chi connectivity index (χ3v) is 4.05. The highest BCUT2D eigenvalue weighted by Gasteiger charge is 2.55. The van der Waals surface area contributed by atoms with E-state index in [9.17, 15) is 4.79 Å². The molecule has 1 saturated heterocycles. The van der Waals surface area contributed by atoms with Crippen LogP contribution in [-0.2, 0) is 9.53 Å². The number of epoxide rings is 1. The molecule has 1 aliphatic heterocycles. The third-order valence-electron chi connectivity index (χ3n) is 4.05. The number of allylic oxidation sites excluding steroid dienone is 1. The van der Waals surface area contributed by atoms with Gasteiger partial charge >= 0.3 is 0 Å². The molecule has 0 aromatic heterocycles. The first-order valence-corrected chi connectivity index (χ1v) is 5.50. The Labute approximate surface area is 84.3 Å². The second-order valence-corrected chi connectivity index (χ2v) is 5.34. The van der Waals surface area contributed by atoms with Crippen LogP contribution in [0.4, 0.5) is 0 Å². The van der Waals surface area contributed by atoms with Gasteiger partial charge in [0.1, 0.15) is 12.4 Å². The van der Waals surface area contributed by atoms with Gasteiger partial charge in [-0.1, -0.05) is 0 Å². The summed E-state index contributed by atoms with van der Waals surface area (Å²) < 4.78 is 5.66. The van der Waals surface area contributed by atoms with E-state index in [2.05, 4.69) is 13.8 Å². The van der Waals surface area contributed by atoms with E-state index in [0.717, 1.165) is 11.9 Å². The van der Waals surface area contributed by atoms with Crippen LogP contribution < -0.4 is 0 Å². The van der Waals surface area contributed by atoms with Crippen molar-refractivity contribution >= 4 is 6.29 Å². The monoisotopic (exact) mass is 192 g/mol. The number of carbonyl (C=O) groups excluding carboxylic acids is 1. The van der Waals surface area contributed by atoms with Gasteiger partial charge in [-0.05, 0) is 56.1 Å². The molecule has 0 radical (unpaired) electrons. The zero-order valence-corrected chi connectivity index (χ0v) is 8.75. The highest BCUT2D eigenvalue weighted by Crippen LogP contribution is 2.55.